The highest BCUT2D eigenvalue weighted by Gasteiger charge is 2.13. The normalized spacial score (nSPS) is 10.5. The van der Waals surface area contributed by atoms with Gasteiger partial charge in [-0.1, -0.05) is 0 Å². The molecule has 0 atom stereocenters. The van der Waals surface area contributed by atoms with Gasteiger partial charge in [-0.2, -0.15) is 5.10 Å². The average molecular weight is 336 g/mol. The van der Waals surface area contributed by atoms with Crippen molar-refractivity contribution in [2.45, 2.75) is 19.9 Å². The summed E-state index contributed by atoms with van der Waals surface area (Å²) in [6.45, 7) is 3.20. The van der Waals surface area contributed by atoms with Gasteiger partial charge in [0.1, 0.15) is 0 Å². The summed E-state index contributed by atoms with van der Waals surface area (Å²) in [4.78, 5) is 33.6. The lowest BCUT2D eigenvalue weighted by Crippen LogP contribution is -2.41. The van der Waals surface area contributed by atoms with E-state index < -0.39 is 17.7 Å². The van der Waals surface area contributed by atoms with Crippen molar-refractivity contribution in [3.8, 4) is 11.5 Å². The van der Waals surface area contributed by atoms with E-state index in [-0.39, 0.29) is 12.6 Å². The maximum atomic E-state index is 11.5. The third-order valence-electron chi connectivity index (χ3n) is 2.56. The highest BCUT2D eigenvalue weighted by atomic mass is 16.5. The molecule has 0 unspecified atom stereocenters. The van der Waals surface area contributed by atoms with Crippen LogP contribution in [-0.2, 0) is 14.4 Å². The van der Waals surface area contributed by atoms with Gasteiger partial charge >= 0.3 is 11.8 Å². The van der Waals surface area contributed by atoms with E-state index >= 15 is 0 Å². The first-order valence-electron chi connectivity index (χ1n) is 7.06. The van der Waals surface area contributed by atoms with Crippen LogP contribution in [0.4, 0.5) is 0 Å². The lowest BCUT2D eigenvalue weighted by atomic mass is 10.2. The maximum absolute atomic E-state index is 11.5. The predicted octanol–water partition coefficient (Wildman–Crippen LogP) is -0.466. The molecule has 1 rings (SSSR count). The van der Waals surface area contributed by atoms with Crippen molar-refractivity contribution in [2.75, 3.05) is 13.7 Å². The van der Waals surface area contributed by atoms with Gasteiger partial charge < -0.3 is 20.5 Å². The number of hydrogen-bond acceptors (Lipinski definition) is 6. The van der Waals surface area contributed by atoms with E-state index in [0.717, 1.165) is 0 Å². The summed E-state index contributed by atoms with van der Waals surface area (Å²) in [5, 5.41) is 6.13. The first-order valence-corrected chi connectivity index (χ1v) is 7.06. The molecule has 24 heavy (non-hydrogen) atoms. The molecule has 9 nitrogen and oxygen atoms in total. The van der Waals surface area contributed by atoms with Crippen LogP contribution in [0.1, 0.15) is 19.4 Å². The smallest absolute Gasteiger partial charge is 0.329 e. The number of primary amides is 1. The number of nitrogens with two attached hydrogens (primary N) is 1. The topological polar surface area (TPSA) is 132 Å². The van der Waals surface area contributed by atoms with Crippen LogP contribution in [0.5, 0.6) is 11.5 Å². The number of methoxy groups -OCH3 is 1. The Bertz CT molecular complexity index is 643. The monoisotopic (exact) mass is 336 g/mol. The molecule has 0 aliphatic heterocycles. The molecule has 9 heteroatoms. The zero-order valence-corrected chi connectivity index (χ0v) is 13.7. The molecule has 130 valence electrons. The van der Waals surface area contributed by atoms with Gasteiger partial charge in [-0.05, 0) is 37.6 Å². The second-order valence-electron chi connectivity index (χ2n) is 4.99. The molecule has 0 radical (unpaired) electrons. The molecule has 3 amide bonds. The summed E-state index contributed by atoms with van der Waals surface area (Å²) in [5.74, 6) is -1.54. The predicted molar refractivity (Wildman–Crippen MR) is 86.7 cm³/mol. The molecule has 0 aliphatic rings. The summed E-state index contributed by atoms with van der Waals surface area (Å²) in [5.41, 5.74) is 7.71. The fourth-order valence-corrected chi connectivity index (χ4v) is 1.58. The summed E-state index contributed by atoms with van der Waals surface area (Å²) >= 11 is 0. The largest absolute Gasteiger partial charge is 0.493 e. The number of carbonyl (C=O) groups excluding carboxylic acids is 3. The Morgan fingerprint density at radius 2 is 1.96 bits per heavy atom. The van der Waals surface area contributed by atoms with Gasteiger partial charge in [-0.3, -0.25) is 14.4 Å². The van der Waals surface area contributed by atoms with Crippen LogP contribution in [-0.4, -0.2) is 43.7 Å². The standard InChI is InChI=1S/C15H20N4O5/c1-9(2)18-14(21)15(22)19-17-7-10-4-5-11(12(6-10)23-3)24-8-13(16)20/h4-7,9H,8H2,1-3H3,(H2,16,20)(H,18,21)(H,19,22)/b17-7-. The molecular formula is C15H20N4O5. The summed E-state index contributed by atoms with van der Waals surface area (Å²) < 4.78 is 10.3. The molecule has 0 bridgehead atoms. The fourth-order valence-electron chi connectivity index (χ4n) is 1.58. The second-order valence-corrected chi connectivity index (χ2v) is 4.99. The van der Waals surface area contributed by atoms with Gasteiger partial charge in [0, 0.05) is 6.04 Å². The van der Waals surface area contributed by atoms with Crippen molar-refractivity contribution in [3.05, 3.63) is 23.8 Å². The fraction of sp³-hybridized carbons (Fsp3) is 0.333. The van der Waals surface area contributed by atoms with E-state index in [1.165, 1.54) is 13.3 Å². The van der Waals surface area contributed by atoms with Crippen molar-refractivity contribution in [3.63, 3.8) is 0 Å². The lowest BCUT2D eigenvalue weighted by Gasteiger charge is -2.09. The number of rotatable bonds is 7. The van der Waals surface area contributed by atoms with E-state index in [2.05, 4.69) is 15.8 Å². The van der Waals surface area contributed by atoms with Crippen LogP contribution in [0.2, 0.25) is 0 Å². The quantitative estimate of drug-likeness (QED) is 0.352. The first-order chi connectivity index (χ1) is 11.3. The molecule has 0 aliphatic carbocycles. The Hall–Kier alpha value is -3.10. The lowest BCUT2D eigenvalue weighted by molar-refractivity contribution is -0.139. The molecule has 0 fully saturated rings. The Balaban J connectivity index is 2.69. The van der Waals surface area contributed by atoms with Gasteiger partial charge in [0.25, 0.3) is 5.91 Å². The van der Waals surface area contributed by atoms with Crippen LogP contribution in [0, 0.1) is 0 Å². The summed E-state index contributed by atoms with van der Waals surface area (Å²) in [7, 11) is 1.44. The van der Waals surface area contributed by atoms with Gasteiger partial charge in [-0.15, -0.1) is 0 Å². The number of ether oxygens (including phenoxy) is 2. The zero-order chi connectivity index (χ0) is 18.1. The van der Waals surface area contributed by atoms with Crippen LogP contribution in [0.25, 0.3) is 0 Å². The molecule has 1 aromatic rings. The molecule has 0 saturated heterocycles. The minimum Gasteiger partial charge on any atom is -0.493 e. The number of benzene rings is 1. The number of amides is 3. The Morgan fingerprint density at radius 3 is 2.54 bits per heavy atom. The third kappa shape index (κ3) is 6.34. The number of nitrogens with one attached hydrogen (secondary N) is 2. The van der Waals surface area contributed by atoms with E-state index in [9.17, 15) is 14.4 Å². The molecule has 0 aromatic heterocycles. The van der Waals surface area contributed by atoms with Crippen molar-refractivity contribution in [2.24, 2.45) is 10.8 Å². The van der Waals surface area contributed by atoms with Gasteiger partial charge in [0.15, 0.2) is 18.1 Å². The van der Waals surface area contributed by atoms with Gasteiger partial charge in [0.05, 0.1) is 13.3 Å². The van der Waals surface area contributed by atoms with Gasteiger partial charge in [-0.25, -0.2) is 5.43 Å². The minimum absolute atomic E-state index is 0.149. The molecule has 0 spiro atoms. The third-order valence-corrected chi connectivity index (χ3v) is 2.56. The number of nitrogens with zero attached hydrogens (tertiary/aromatic N) is 1. The SMILES string of the molecule is COc1cc(/C=N\NC(=O)C(=O)NC(C)C)ccc1OCC(N)=O. The number of hydrazone groups is 1. The molecule has 0 saturated carbocycles. The summed E-state index contributed by atoms with van der Waals surface area (Å²) in [6.07, 6.45) is 1.33. The second kappa shape index (κ2) is 9.13. The Kier molecular flexibility index (Phi) is 7.21. The van der Waals surface area contributed by atoms with E-state index in [1.54, 1.807) is 32.0 Å². The van der Waals surface area contributed by atoms with Crippen molar-refractivity contribution in [1.29, 1.82) is 0 Å². The van der Waals surface area contributed by atoms with Crippen molar-refractivity contribution < 1.29 is 23.9 Å². The van der Waals surface area contributed by atoms with Crippen molar-refractivity contribution >= 4 is 23.9 Å². The minimum atomic E-state index is -0.867. The highest BCUT2D eigenvalue weighted by Crippen LogP contribution is 2.27. The highest BCUT2D eigenvalue weighted by molar-refractivity contribution is 6.35. The van der Waals surface area contributed by atoms with E-state index in [4.69, 9.17) is 15.2 Å². The van der Waals surface area contributed by atoms with Crippen LogP contribution < -0.4 is 25.9 Å². The zero-order valence-electron chi connectivity index (χ0n) is 13.7. The van der Waals surface area contributed by atoms with E-state index in [1.807, 2.05) is 0 Å². The molecule has 1 aromatic carbocycles. The first kappa shape index (κ1) is 18.9. The Labute approximate surface area is 139 Å². The summed E-state index contributed by atoms with van der Waals surface area (Å²) in [6, 6.07) is 4.63. The Morgan fingerprint density at radius 1 is 1.25 bits per heavy atom. The van der Waals surface area contributed by atoms with Crippen molar-refractivity contribution in [1.82, 2.24) is 10.7 Å². The average Bonchev–Trinajstić information content (AvgIpc) is 2.52. The number of carbonyl (C=O) groups is 3. The van der Waals surface area contributed by atoms with Crippen LogP contribution in [0.3, 0.4) is 0 Å². The van der Waals surface area contributed by atoms with Crippen LogP contribution in [0.15, 0.2) is 23.3 Å². The number of hydrogen-bond donors (Lipinski definition) is 3. The molecule has 0 heterocycles. The maximum Gasteiger partial charge on any atom is 0.329 e. The molecular weight excluding hydrogens is 316 g/mol. The van der Waals surface area contributed by atoms with E-state index in [0.29, 0.717) is 17.1 Å². The molecule has 4 N–H and O–H groups in total. The van der Waals surface area contributed by atoms with Gasteiger partial charge in [0.2, 0.25) is 0 Å². The van der Waals surface area contributed by atoms with Crippen LogP contribution >= 0.6 is 0 Å².